The first-order chi connectivity index (χ1) is 12.6. The molecule has 2 nitrogen and oxygen atoms in total. The van der Waals surface area contributed by atoms with Crippen LogP contribution in [-0.2, 0) is 18.4 Å². The third kappa shape index (κ3) is 5.84. The molecule has 0 aromatic heterocycles. The molecule has 2 N–H and O–H groups in total. The third-order valence-corrected chi connectivity index (χ3v) is 4.87. The molecule has 2 aromatic carbocycles. The molecular weight excluding hydrogens is 330 g/mol. The predicted octanol–water partition coefficient (Wildman–Crippen LogP) is 6.42. The first kappa shape index (κ1) is 21.5. The van der Waals surface area contributed by atoms with Crippen molar-refractivity contribution >= 4 is 0 Å². The molecule has 0 saturated carbocycles. The molecule has 0 fully saturated rings. The second-order valence-electron chi connectivity index (χ2n) is 9.16. The van der Waals surface area contributed by atoms with Gasteiger partial charge < -0.3 is 10.5 Å². The maximum absolute atomic E-state index is 6.53. The van der Waals surface area contributed by atoms with E-state index in [4.69, 9.17) is 10.5 Å². The van der Waals surface area contributed by atoms with Crippen LogP contribution < -0.4 is 10.5 Å². The van der Waals surface area contributed by atoms with E-state index in [0.717, 1.165) is 29.7 Å². The average molecular weight is 368 g/mol. The van der Waals surface area contributed by atoms with E-state index in [-0.39, 0.29) is 6.10 Å². The van der Waals surface area contributed by atoms with E-state index >= 15 is 0 Å². The molecule has 0 bridgehead atoms. The van der Waals surface area contributed by atoms with Crippen LogP contribution in [0.15, 0.2) is 42.5 Å². The van der Waals surface area contributed by atoms with E-state index < -0.39 is 5.54 Å². The van der Waals surface area contributed by atoms with E-state index in [1.54, 1.807) is 0 Å². The van der Waals surface area contributed by atoms with Crippen molar-refractivity contribution in [2.75, 3.05) is 0 Å². The Morgan fingerprint density at radius 3 is 2.07 bits per heavy atom. The van der Waals surface area contributed by atoms with Crippen LogP contribution in [0.1, 0.15) is 76.8 Å². The summed E-state index contributed by atoms with van der Waals surface area (Å²) in [5.74, 6) is 2.23. The fraction of sp³-hybridized carbons (Fsp3) is 0.520. The van der Waals surface area contributed by atoms with Crippen LogP contribution in [-0.4, -0.2) is 0 Å². The van der Waals surface area contributed by atoms with Crippen molar-refractivity contribution in [3.8, 4) is 5.75 Å². The van der Waals surface area contributed by atoms with Crippen molar-refractivity contribution in [2.45, 2.75) is 73.0 Å². The van der Waals surface area contributed by atoms with Gasteiger partial charge in [0.15, 0.2) is 0 Å². The normalized spacial score (nSPS) is 13.3. The second kappa shape index (κ2) is 8.93. The molecule has 0 heterocycles. The second-order valence-corrected chi connectivity index (χ2v) is 9.16. The number of hydrogen-bond acceptors (Lipinski definition) is 2. The summed E-state index contributed by atoms with van der Waals surface area (Å²) >= 11 is 0. The molecule has 1 atom stereocenters. The first-order valence-corrected chi connectivity index (χ1v) is 10.2. The number of ether oxygens (including phenoxy) is 1. The minimum atomic E-state index is -0.394. The molecule has 2 rings (SSSR count). The van der Waals surface area contributed by atoms with Gasteiger partial charge in [0.2, 0.25) is 0 Å². The van der Waals surface area contributed by atoms with Crippen LogP contribution in [0.3, 0.4) is 0 Å². The number of hydrogen-bond donors (Lipinski definition) is 1. The third-order valence-electron chi connectivity index (χ3n) is 4.87. The minimum Gasteiger partial charge on any atom is -0.486 e. The van der Waals surface area contributed by atoms with Crippen molar-refractivity contribution in [3.63, 3.8) is 0 Å². The maximum atomic E-state index is 6.53. The van der Waals surface area contributed by atoms with Gasteiger partial charge in [0.25, 0.3) is 0 Å². The summed E-state index contributed by atoms with van der Waals surface area (Å²) in [5.41, 5.74) is 11.1. The van der Waals surface area contributed by atoms with Gasteiger partial charge in [-0.1, -0.05) is 64.1 Å². The van der Waals surface area contributed by atoms with Crippen LogP contribution in [0.25, 0.3) is 0 Å². The molecule has 0 radical (unpaired) electrons. The SMILES string of the molecule is CC(C)Cc1cccc(OC(C)c2ccccc2C(C)(C)N)c1CC(C)C. The van der Waals surface area contributed by atoms with Gasteiger partial charge in [-0.25, -0.2) is 0 Å². The lowest BCUT2D eigenvalue weighted by Crippen LogP contribution is -2.30. The molecule has 2 aromatic rings. The molecule has 0 aliphatic carbocycles. The largest absolute Gasteiger partial charge is 0.486 e. The number of benzene rings is 2. The Bertz CT molecular complexity index is 740. The zero-order valence-electron chi connectivity index (χ0n) is 18.2. The highest BCUT2D eigenvalue weighted by molar-refractivity contribution is 5.42. The fourth-order valence-electron chi connectivity index (χ4n) is 3.68. The highest BCUT2D eigenvalue weighted by Gasteiger charge is 2.22. The first-order valence-electron chi connectivity index (χ1n) is 10.2. The Morgan fingerprint density at radius 1 is 0.852 bits per heavy atom. The zero-order chi connectivity index (χ0) is 20.2. The molecule has 27 heavy (non-hydrogen) atoms. The van der Waals surface area contributed by atoms with Gasteiger partial charge in [-0.2, -0.15) is 0 Å². The number of nitrogens with two attached hydrogens (primary N) is 1. The summed E-state index contributed by atoms with van der Waals surface area (Å²) in [7, 11) is 0. The topological polar surface area (TPSA) is 35.2 Å². The average Bonchev–Trinajstić information content (AvgIpc) is 2.56. The lowest BCUT2D eigenvalue weighted by atomic mass is 9.89. The van der Waals surface area contributed by atoms with Gasteiger partial charge in [-0.05, 0) is 73.8 Å². The molecule has 0 saturated heterocycles. The van der Waals surface area contributed by atoms with E-state index in [1.165, 1.54) is 11.1 Å². The van der Waals surface area contributed by atoms with Crippen LogP contribution >= 0.6 is 0 Å². The summed E-state index contributed by atoms with van der Waals surface area (Å²) in [6.45, 7) is 15.3. The van der Waals surface area contributed by atoms with Gasteiger partial charge in [0, 0.05) is 5.54 Å². The van der Waals surface area contributed by atoms with E-state index in [1.807, 2.05) is 19.9 Å². The Labute approximate surface area is 166 Å². The van der Waals surface area contributed by atoms with Gasteiger partial charge in [-0.3, -0.25) is 0 Å². The van der Waals surface area contributed by atoms with Crippen LogP contribution in [0, 0.1) is 11.8 Å². The van der Waals surface area contributed by atoms with Crippen LogP contribution in [0.2, 0.25) is 0 Å². The van der Waals surface area contributed by atoms with Crippen LogP contribution in [0.5, 0.6) is 5.75 Å². The summed E-state index contributed by atoms with van der Waals surface area (Å²) in [5, 5.41) is 0. The number of rotatable bonds is 8. The predicted molar refractivity (Wildman–Crippen MR) is 116 cm³/mol. The van der Waals surface area contributed by atoms with E-state index in [0.29, 0.717) is 11.8 Å². The molecule has 0 amide bonds. The highest BCUT2D eigenvalue weighted by atomic mass is 16.5. The monoisotopic (exact) mass is 367 g/mol. The standard InChI is InChI=1S/C25H37NO/c1-17(2)15-20-11-10-14-24(22(20)16-18(3)4)27-19(5)21-12-8-9-13-23(21)25(6,7)26/h8-14,17-19H,15-16,26H2,1-7H3. The minimum absolute atomic E-state index is 0.0516. The molecule has 1 unspecified atom stereocenters. The van der Waals surface area contributed by atoms with Gasteiger partial charge >= 0.3 is 0 Å². The Kier molecular flexibility index (Phi) is 7.11. The highest BCUT2D eigenvalue weighted by Crippen LogP contribution is 2.33. The van der Waals surface area contributed by atoms with Crippen molar-refractivity contribution in [3.05, 3.63) is 64.7 Å². The maximum Gasteiger partial charge on any atom is 0.123 e. The van der Waals surface area contributed by atoms with Gasteiger partial charge in [0.1, 0.15) is 11.9 Å². The molecule has 0 spiro atoms. The quantitative estimate of drug-likeness (QED) is 0.584. The van der Waals surface area contributed by atoms with E-state index in [9.17, 15) is 0 Å². The Morgan fingerprint density at radius 2 is 1.48 bits per heavy atom. The molecule has 0 aliphatic rings. The lowest BCUT2D eigenvalue weighted by Gasteiger charge is -2.27. The molecular formula is C25H37NO. The Balaban J connectivity index is 2.39. The zero-order valence-corrected chi connectivity index (χ0v) is 18.2. The van der Waals surface area contributed by atoms with Crippen molar-refractivity contribution in [1.29, 1.82) is 0 Å². The molecule has 148 valence electrons. The van der Waals surface area contributed by atoms with Crippen molar-refractivity contribution in [1.82, 2.24) is 0 Å². The fourth-order valence-corrected chi connectivity index (χ4v) is 3.68. The molecule has 2 heteroatoms. The Hall–Kier alpha value is -1.80. The summed E-state index contributed by atoms with van der Waals surface area (Å²) in [4.78, 5) is 0. The lowest BCUT2D eigenvalue weighted by molar-refractivity contribution is 0.220. The van der Waals surface area contributed by atoms with Crippen molar-refractivity contribution in [2.24, 2.45) is 17.6 Å². The summed E-state index contributed by atoms with van der Waals surface area (Å²) in [6.07, 6.45) is 2.07. The summed E-state index contributed by atoms with van der Waals surface area (Å²) in [6, 6.07) is 14.9. The summed E-state index contributed by atoms with van der Waals surface area (Å²) < 4.78 is 6.53. The van der Waals surface area contributed by atoms with E-state index in [2.05, 4.69) is 71.0 Å². The van der Waals surface area contributed by atoms with Gasteiger partial charge in [0.05, 0.1) is 0 Å². The van der Waals surface area contributed by atoms with Gasteiger partial charge in [-0.15, -0.1) is 0 Å². The van der Waals surface area contributed by atoms with Crippen LogP contribution in [0.4, 0.5) is 0 Å². The van der Waals surface area contributed by atoms with Crippen molar-refractivity contribution < 1.29 is 4.74 Å². The smallest absolute Gasteiger partial charge is 0.123 e. The molecule has 0 aliphatic heterocycles.